The topological polar surface area (TPSA) is 117 Å². The molecule has 1 amide bonds. The highest BCUT2D eigenvalue weighted by Crippen LogP contribution is 2.46. The minimum Gasteiger partial charge on any atom is -0.444 e. The fraction of sp³-hybridized carbons (Fsp3) is 0.433. The van der Waals surface area contributed by atoms with Crippen LogP contribution in [0.1, 0.15) is 44.4 Å². The van der Waals surface area contributed by atoms with E-state index in [0.29, 0.717) is 35.4 Å². The summed E-state index contributed by atoms with van der Waals surface area (Å²) in [4.78, 5) is 30.4. The Labute approximate surface area is 251 Å². The SMILES string of the molecule is C[C@H]1CN(c2ncc3c4c(c(-c5ncc(F)c6sc(NC(=O)OC(C)(C)C)c(C#N)c56)c(F)c3n2)COC4)C[C@@H]1N(C)C. The maximum atomic E-state index is 16.7. The lowest BCUT2D eigenvalue weighted by atomic mass is 9.94. The maximum Gasteiger partial charge on any atom is 0.412 e. The van der Waals surface area contributed by atoms with Gasteiger partial charge in [0.15, 0.2) is 11.6 Å². The molecule has 1 N–H and O–H groups in total. The van der Waals surface area contributed by atoms with Crippen LogP contribution in [0.3, 0.4) is 0 Å². The van der Waals surface area contributed by atoms with Gasteiger partial charge in [0.05, 0.1) is 35.4 Å². The van der Waals surface area contributed by atoms with Crippen molar-refractivity contribution in [2.45, 2.75) is 52.6 Å². The second-order valence-electron chi connectivity index (χ2n) is 12.2. The fourth-order valence-electron chi connectivity index (χ4n) is 5.94. The Morgan fingerprint density at radius 3 is 2.63 bits per heavy atom. The number of fused-ring (bicyclic) bond motifs is 4. The van der Waals surface area contributed by atoms with Crippen molar-refractivity contribution in [3.63, 3.8) is 0 Å². The Bertz CT molecular complexity index is 1830. The first-order chi connectivity index (χ1) is 20.4. The molecule has 0 bridgehead atoms. The van der Waals surface area contributed by atoms with Gasteiger partial charge in [0.1, 0.15) is 22.2 Å². The monoisotopic (exact) mass is 607 g/mol. The number of rotatable bonds is 4. The molecule has 2 atom stereocenters. The van der Waals surface area contributed by atoms with E-state index in [9.17, 15) is 10.1 Å². The average molecular weight is 608 g/mol. The van der Waals surface area contributed by atoms with E-state index in [1.807, 2.05) is 19.0 Å². The first-order valence-corrected chi connectivity index (χ1v) is 14.7. The molecule has 3 aromatic heterocycles. The van der Waals surface area contributed by atoms with Crippen molar-refractivity contribution in [2.24, 2.45) is 5.92 Å². The molecule has 0 aliphatic carbocycles. The number of nitrogens with one attached hydrogen (secondary N) is 1. The number of carbonyl (C=O) groups excluding carboxylic acids is 1. The highest BCUT2D eigenvalue weighted by atomic mass is 32.1. The van der Waals surface area contributed by atoms with Gasteiger partial charge in [-0.3, -0.25) is 10.3 Å². The van der Waals surface area contributed by atoms with Gasteiger partial charge in [-0.1, -0.05) is 6.92 Å². The number of halogens is 2. The number of hydrogen-bond acceptors (Lipinski definition) is 10. The van der Waals surface area contributed by atoms with Crippen LogP contribution in [0.25, 0.3) is 32.2 Å². The third kappa shape index (κ3) is 5.03. The van der Waals surface area contributed by atoms with E-state index in [1.165, 1.54) is 0 Å². The van der Waals surface area contributed by atoms with Gasteiger partial charge >= 0.3 is 6.09 Å². The highest BCUT2D eigenvalue weighted by molar-refractivity contribution is 7.23. The zero-order valence-corrected chi connectivity index (χ0v) is 25.5. The molecule has 4 aromatic rings. The average Bonchev–Trinajstić information content (AvgIpc) is 3.66. The van der Waals surface area contributed by atoms with E-state index >= 15 is 8.78 Å². The van der Waals surface area contributed by atoms with E-state index < -0.39 is 23.3 Å². The lowest BCUT2D eigenvalue weighted by Gasteiger charge is -2.22. The van der Waals surface area contributed by atoms with Crippen LogP contribution in [0, 0.1) is 28.9 Å². The van der Waals surface area contributed by atoms with Gasteiger partial charge in [-0.25, -0.2) is 23.5 Å². The molecule has 2 aliphatic heterocycles. The van der Waals surface area contributed by atoms with Gasteiger partial charge in [-0.15, -0.1) is 11.3 Å². The summed E-state index contributed by atoms with van der Waals surface area (Å²) in [7, 11) is 4.07. The number of thiophene rings is 1. The van der Waals surface area contributed by atoms with Gasteiger partial charge in [-0.05, 0) is 51.9 Å². The highest BCUT2D eigenvalue weighted by Gasteiger charge is 2.34. The number of hydrogen-bond donors (Lipinski definition) is 1. The van der Waals surface area contributed by atoms with Crippen molar-refractivity contribution in [2.75, 3.05) is 37.4 Å². The molecule has 224 valence electrons. The summed E-state index contributed by atoms with van der Waals surface area (Å²) >= 11 is 0.863. The Kier molecular flexibility index (Phi) is 7.19. The molecule has 10 nitrogen and oxygen atoms in total. The number of aromatic nitrogens is 3. The minimum absolute atomic E-state index is 0.0378. The van der Waals surface area contributed by atoms with Crippen LogP contribution in [0.2, 0.25) is 0 Å². The van der Waals surface area contributed by atoms with Crippen LogP contribution in [-0.4, -0.2) is 64.8 Å². The van der Waals surface area contributed by atoms with Crippen molar-refractivity contribution in [3.8, 4) is 17.3 Å². The van der Waals surface area contributed by atoms with Crippen molar-refractivity contribution < 1.29 is 23.0 Å². The van der Waals surface area contributed by atoms with Crippen LogP contribution < -0.4 is 10.2 Å². The Morgan fingerprint density at radius 2 is 1.95 bits per heavy atom. The van der Waals surface area contributed by atoms with Gasteiger partial charge in [0, 0.05) is 41.7 Å². The molecule has 5 heterocycles. The lowest BCUT2D eigenvalue weighted by Crippen LogP contribution is -2.34. The van der Waals surface area contributed by atoms with Crippen molar-refractivity contribution in [1.82, 2.24) is 19.9 Å². The van der Waals surface area contributed by atoms with E-state index in [-0.39, 0.29) is 50.6 Å². The summed E-state index contributed by atoms with van der Waals surface area (Å²) in [6.07, 6.45) is 1.83. The summed E-state index contributed by atoms with van der Waals surface area (Å²) in [6.45, 7) is 9.03. The van der Waals surface area contributed by atoms with Gasteiger partial charge in [0.2, 0.25) is 5.95 Å². The van der Waals surface area contributed by atoms with Crippen molar-refractivity contribution in [3.05, 3.63) is 40.7 Å². The van der Waals surface area contributed by atoms with E-state index in [2.05, 4.69) is 33.2 Å². The van der Waals surface area contributed by atoms with E-state index in [0.717, 1.165) is 29.6 Å². The van der Waals surface area contributed by atoms with Crippen LogP contribution in [0.15, 0.2) is 12.4 Å². The molecule has 43 heavy (non-hydrogen) atoms. The molecule has 1 saturated heterocycles. The quantitative estimate of drug-likeness (QED) is 0.306. The largest absolute Gasteiger partial charge is 0.444 e. The third-order valence-corrected chi connectivity index (χ3v) is 8.95. The number of carbonyl (C=O) groups is 1. The number of likely N-dealkylation sites (N-methyl/N-ethyl adjacent to an activating group) is 1. The van der Waals surface area contributed by atoms with Crippen LogP contribution in [-0.2, 0) is 22.7 Å². The Balaban J connectivity index is 1.53. The fourth-order valence-corrected chi connectivity index (χ4v) is 6.98. The van der Waals surface area contributed by atoms with E-state index in [1.54, 1.807) is 27.0 Å². The molecule has 1 aromatic carbocycles. The molecule has 2 aliphatic rings. The summed E-state index contributed by atoms with van der Waals surface area (Å²) in [5.41, 5.74) is 0.704. The molecular formula is C30H31F2N7O3S. The Hall–Kier alpha value is -3.99. The van der Waals surface area contributed by atoms with Gasteiger partial charge < -0.3 is 19.3 Å². The molecule has 0 spiro atoms. The summed E-state index contributed by atoms with van der Waals surface area (Å²) < 4.78 is 43.0. The molecule has 13 heteroatoms. The number of pyridine rings is 1. The summed E-state index contributed by atoms with van der Waals surface area (Å²) in [5, 5.41) is 13.4. The zero-order valence-electron chi connectivity index (χ0n) is 24.7. The summed E-state index contributed by atoms with van der Waals surface area (Å²) in [6, 6.07) is 2.36. The number of nitrogens with zero attached hydrogens (tertiary/aromatic N) is 6. The molecule has 0 unspecified atom stereocenters. The Morgan fingerprint density at radius 1 is 1.21 bits per heavy atom. The first-order valence-electron chi connectivity index (χ1n) is 13.9. The number of nitriles is 1. The predicted octanol–water partition coefficient (Wildman–Crippen LogP) is 5.82. The number of benzene rings is 1. The lowest BCUT2D eigenvalue weighted by molar-refractivity contribution is 0.0636. The molecule has 1 fully saturated rings. The number of anilines is 2. The second-order valence-corrected chi connectivity index (χ2v) is 13.2. The summed E-state index contributed by atoms with van der Waals surface area (Å²) in [5.74, 6) is -0.570. The molecule has 0 saturated carbocycles. The first kappa shape index (κ1) is 29.1. The standard InChI is InChI=1S/C30H31F2N7O3S/c1-14-10-39(11-20(14)38(5)6)28-35-8-16-17-12-41-13-18(17)21(23(32)24(16)36-28)25-22-15(7-33)27(37-29(40)42-30(2,3)4)43-26(22)19(31)9-34-25/h8-9,14,20H,10-13H2,1-6H3,(H,37,40)/t14-,20-/m0/s1. The molecule has 6 rings (SSSR count). The normalized spacial score (nSPS) is 18.5. The number of amides is 1. The molecule has 0 radical (unpaired) electrons. The van der Waals surface area contributed by atoms with Crippen LogP contribution in [0.4, 0.5) is 24.5 Å². The van der Waals surface area contributed by atoms with Crippen LogP contribution >= 0.6 is 11.3 Å². The molecular weight excluding hydrogens is 576 g/mol. The van der Waals surface area contributed by atoms with Crippen LogP contribution in [0.5, 0.6) is 0 Å². The van der Waals surface area contributed by atoms with E-state index in [4.69, 9.17) is 14.5 Å². The van der Waals surface area contributed by atoms with Crippen molar-refractivity contribution in [1.29, 1.82) is 5.26 Å². The zero-order chi connectivity index (χ0) is 30.8. The minimum atomic E-state index is -0.798. The van der Waals surface area contributed by atoms with Gasteiger partial charge in [-0.2, -0.15) is 5.26 Å². The third-order valence-electron chi connectivity index (χ3n) is 7.84. The van der Waals surface area contributed by atoms with Gasteiger partial charge in [0.25, 0.3) is 0 Å². The smallest absolute Gasteiger partial charge is 0.412 e. The van der Waals surface area contributed by atoms with Crippen molar-refractivity contribution >= 4 is 49.4 Å². The number of ether oxygens (including phenoxy) is 2. The second kappa shape index (κ2) is 10.6. The predicted molar refractivity (Wildman–Crippen MR) is 160 cm³/mol. The maximum absolute atomic E-state index is 16.7.